The number of amides is 2. The van der Waals surface area contributed by atoms with E-state index in [1.807, 2.05) is 11.0 Å². The van der Waals surface area contributed by atoms with Gasteiger partial charge in [0, 0.05) is 19.6 Å². The van der Waals surface area contributed by atoms with Crippen LogP contribution in [0.4, 0.5) is 4.79 Å². The lowest BCUT2D eigenvalue weighted by Gasteiger charge is -2.22. The number of carbonyl (C=O) groups excluding carboxylic acids is 1. The minimum Gasteiger partial charge on any atom is -0.338 e. The van der Waals surface area contributed by atoms with E-state index < -0.39 is 0 Å². The number of carbonyl (C=O) groups is 1. The zero-order valence-electron chi connectivity index (χ0n) is 13.1. The normalized spacial score (nSPS) is 10.4. The fourth-order valence-electron chi connectivity index (χ4n) is 2.37. The Labute approximate surface area is 137 Å². The second-order valence-corrected chi connectivity index (χ2v) is 6.15. The maximum atomic E-state index is 12.3. The van der Waals surface area contributed by atoms with Gasteiger partial charge in [0.05, 0.1) is 0 Å². The highest BCUT2D eigenvalue weighted by Crippen LogP contribution is 2.10. The summed E-state index contributed by atoms with van der Waals surface area (Å²) in [5.74, 6) is 0. The number of nitrogens with one attached hydrogen (secondary N) is 1. The van der Waals surface area contributed by atoms with Crippen molar-refractivity contribution in [2.75, 3.05) is 13.1 Å². The summed E-state index contributed by atoms with van der Waals surface area (Å²) in [7, 11) is 0. The van der Waals surface area contributed by atoms with Crippen molar-refractivity contribution in [1.82, 2.24) is 10.2 Å². The molecule has 0 aliphatic carbocycles. The Morgan fingerprint density at radius 3 is 2.68 bits per heavy atom. The molecule has 0 saturated carbocycles. The van der Waals surface area contributed by atoms with Gasteiger partial charge in [-0.2, -0.15) is 11.3 Å². The third-order valence-corrected chi connectivity index (χ3v) is 4.23. The summed E-state index contributed by atoms with van der Waals surface area (Å²) in [4.78, 5) is 14.2. The molecule has 2 amide bonds. The number of thiophene rings is 1. The van der Waals surface area contributed by atoms with Gasteiger partial charge in [0.15, 0.2) is 0 Å². The first-order valence-electron chi connectivity index (χ1n) is 7.87. The number of nitrogens with zero attached hydrogens (tertiary/aromatic N) is 1. The van der Waals surface area contributed by atoms with E-state index in [0.717, 1.165) is 32.4 Å². The van der Waals surface area contributed by atoms with Crippen molar-refractivity contribution in [2.45, 2.75) is 32.7 Å². The van der Waals surface area contributed by atoms with Gasteiger partial charge in [0.2, 0.25) is 0 Å². The van der Waals surface area contributed by atoms with Crippen molar-refractivity contribution in [3.8, 4) is 0 Å². The highest BCUT2D eigenvalue weighted by Gasteiger charge is 2.12. The Morgan fingerprint density at radius 1 is 1.18 bits per heavy atom. The third kappa shape index (κ3) is 5.53. The molecule has 1 aromatic carbocycles. The van der Waals surface area contributed by atoms with Crippen LogP contribution < -0.4 is 5.32 Å². The number of rotatable bonds is 8. The Bertz CT molecular complexity index is 539. The van der Waals surface area contributed by atoms with Crippen molar-refractivity contribution in [1.29, 1.82) is 0 Å². The summed E-state index contributed by atoms with van der Waals surface area (Å²) in [6.45, 7) is 4.31. The zero-order chi connectivity index (χ0) is 15.6. The molecule has 118 valence electrons. The maximum Gasteiger partial charge on any atom is 0.317 e. The molecule has 0 saturated heterocycles. The second-order valence-electron chi connectivity index (χ2n) is 5.37. The predicted octanol–water partition coefficient (Wildman–Crippen LogP) is 4.30. The average Bonchev–Trinajstić information content (AvgIpc) is 3.05. The Morgan fingerprint density at radius 2 is 2.00 bits per heavy atom. The van der Waals surface area contributed by atoms with Crippen LogP contribution in [0.25, 0.3) is 0 Å². The molecule has 1 aromatic heterocycles. The summed E-state index contributed by atoms with van der Waals surface area (Å²) in [6.07, 6.45) is 2.94. The Balaban J connectivity index is 1.73. The highest BCUT2D eigenvalue weighted by molar-refractivity contribution is 7.07. The fraction of sp³-hybridized carbons (Fsp3) is 0.389. The molecule has 0 radical (unpaired) electrons. The van der Waals surface area contributed by atoms with Gasteiger partial charge in [-0.25, -0.2) is 4.79 Å². The second kappa shape index (κ2) is 9.26. The van der Waals surface area contributed by atoms with Crippen LogP contribution in [0, 0.1) is 0 Å². The van der Waals surface area contributed by atoms with Crippen molar-refractivity contribution >= 4 is 17.4 Å². The highest BCUT2D eigenvalue weighted by atomic mass is 32.1. The maximum absolute atomic E-state index is 12.3. The van der Waals surface area contributed by atoms with Crippen LogP contribution in [-0.2, 0) is 13.0 Å². The van der Waals surface area contributed by atoms with Crippen molar-refractivity contribution in [3.05, 3.63) is 58.3 Å². The van der Waals surface area contributed by atoms with E-state index in [-0.39, 0.29) is 6.03 Å². The SMILES string of the molecule is CCCN(Cc1ccsc1)C(=O)NCCCc1ccccc1. The predicted molar refractivity (Wildman–Crippen MR) is 93.2 cm³/mol. The van der Waals surface area contributed by atoms with Crippen molar-refractivity contribution in [2.24, 2.45) is 0 Å². The molecule has 0 atom stereocenters. The molecule has 2 aromatic rings. The fourth-order valence-corrected chi connectivity index (χ4v) is 3.03. The minimum absolute atomic E-state index is 0.0427. The molecule has 2 rings (SSSR count). The summed E-state index contributed by atoms with van der Waals surface area (Å²) in [6, 6.07) is 12.5. The van der Waals surface area contributed by atoms with Crippen LogP contribution >= 0.6 is 11.3 Å². The van der Waals surface area contributed by atoms with Crippen molar-refractivity contribution < 1.29 is 4.79 Å². The lowest BCUT2D eigenvalue weighted by molar-refractivity contribution is 0.195. The number of aryl methyl sites for hydroxylation is 1. The number of urea groups is 1. The molecule has 4 heteroatoms. The molecular formula is C18H24N2OS. The van der Waals surface area contributed by atoms with E-state index in [4.69, 9.17) is 0 Å². The van der Waals surface area contributed by atoms with Gasteiger partial charge in [-0.15, -0.1) is 0 Å². The average molecular weight is 316 g/mol. The number of hydrogen-bond donors (Lipinski definition) is 1. The van der Waals surface area contributed by atoms with Crippen LogP contribution in [0.15, 0.2) is 47.2 Å². The first-order valence-corrected chi connectivity index (χ1v) is 8.81. The monoisotopic (exact) mass is 316 g/mol. The van der Waals surface area contributed by atoms with Crippen LogP contribution in [0.5, 0.6) is 0 Å². The smallest absolute Gasteiger partial charge is 0.317 e. The van der Waals surface area contributed by atoms with Crippen LogP contribution in [0.3, 0.4) is 0 Å². The number of benzene rings is 1. The van der Waals surface area contributed by atoms with Crippen LogP contribution in [-0.4, -0.2) is 24.0 Å². The van der Waals surface area contributed by atoms with E-state index in [9.17, 15) is 4.79 Å². The van der Waals surface area contributed by atoms with Gasteiger partial charge in [-0.1, -0.05) is 37.3 Å². The van der Waals surface area contributed by atoms with E-state index in [1.165, 1.54) is 11.1 Å². The van der Waals surface area contributed by atoms with Gasteiger partial charge in [0.25, 0.3) is 0 Å². The lowest BCUT2D eigenvalue weighted by atomic mass is 10.1. The summed E-state index contributed by atoms with van der Waals surface area (Å²) >= 11 is 1.67. The Hall–Kier alpha value is -1.81. The molecule has 1 N–H and O–H groups in total. The van der Waals surface area contributed by atoms with E-state index in [1.54, 1.807) is 11.3 Å². The summed E-state index contributed by atoms with van der Waals surface area (Å²) < 4.78 is 0. The summed E-state index contributed by atoms with van der Waals surface area (Å²) in [5.41, 5.74) is 2.53. The summed E-state index contributed by atoms with van der Waals surface area (Å²) in [5, 5.41) is 7.20. The molecular weight excluding hydrogens is 292 g/mol. The van der Waals surface area contributed by atoms with Crippen molar-refractivity contribution in [3.63, 3.8) is 0 Å². The quantitative estimate of drug-likeness (QED) is 0.723. The topological polar surface area (TPSA) is 32.3 Å². The minimum atomic E-state index is 0.0427. The van der Waals surface area contributed by atoms with E-state index >= 15 is 0 Å². The molecule has 0 aliphatic rings. The van der Waals surface area contributed by atoms with Gasteiger partial charge >= 0.3 is 6.03 Å². The molecule has 0 spiro atoms. The van der Waals surface area contributed by atoms with Crippen LogP contribution in [0.1, 0.15) is 30.9 Å². The lowest BCUT2D eigenvalue weighted by Crippen LogP contribution is -2.40. The molecule has 0 unspecified atom stereocenters. The zero-order valence-corrected chi connectivity index (χ0v) is 13.9. The van der Waals surface area contributed by atoms with Crippen LogP contribution in [0.2, 0.25) is 0 Å². The largest absolute Gasteiger partial charge is 0.338 e. The molecule has 22 heavy (non-hydrogen) atoms. The van der Waals surface area contributed by atoms with Gasteiger partial charge in [-0.05, 0) is 47.2 Å². The van der Waals surface area contributed by atoms with Gasteiger partial charge < -0.3 is 10.2 Å². The molecule has 0 aliphatic heterocycles. The van der Waals surface area contributed by atoms with E-state index in [0.29, 0.717) is 6.54 Å². The first-order chi connectivity index (χ1) is 10.8. The number of hydrogen-bond acceptors (Lipinski definition) is 2. The molecule has 1 heterocycles. The first kappa shape index (κ1) is 16.6. The van der Waals surface area contributed by atoms with Gasteiger partial charge in [0.1, 0.15) is 0 Å². The Kier molecular flexibility index (Phi) is 6.97. The third-order valence-electron chi connectivity index (χ3n) is 3.50. The van der Waals surface area contributed by atoms with Gasteiger partial charge in [-0.3, -0.25) is 0 Å². The molecule has 0 fully saturated rings. The molecule has 3 nitrogen and oxygen atoms in total. The molecule has 0 bridgehead atoms. The van der Waals surface area contributed by atoms with E-state index in [2.05, 4.69) is 53.3 Å². The standard InChI is InChI=1S/C18H24N2OS/c1-2-12-20(14-17-10-13-22-15-17)18(21)19-11-6-9-16-7-4-3-5-8-16/h3-5,7-8,10,13,15H,2,6,9,11-12,14H2,1H3,(H,19,21).